The molecule has 0 bridgehead atoms. The van der Waals surface area contributed by atoms with Crippen molar-refractivity contribution in [1.82, 2.24) is 19.9 Å². The lowest BCUT2D eigenvalue weighted by atomic mass is 10.2. The number of carbonyl (C=O) groups is 1. The lowest BCUT2D eigenvalue weighted by molar-refractivity contribution is 0.0240. The van der Waals surface area contributed by atoms with Crippen LogP contribution in [0.15, 0.2) is 23.1 Å². The molecule has 3 heterocycles. The third-order valence-corrected chi connectivity index (χ3v) is 4.10. The smallest absolute Gasteiger partial charge is 0.410 e. The SMILES string of the molecule is CC(C)(C)OC(=O)N1CCN(c2ncnc3ncc(Br)cc23)CC1. The van der Waals surface area contributed by atoms with Crippen molar-refractivity contribution < 1.29 is 9.53 Å². The van der Waals surface area contributed by atoms with E-state index in [-0.39, 0.29) is 6.09 Å². The number of anilines is 1. The van der Waals surface area contributed by atoms with E-state index in [9.17, 15) is 4.79 Å². The Labute approximate surface area is 149 Å². The van der Waals surface area contributed by atoms with Crippen molar-refractivity contribution in [2.75, 3.05) is 31.1 Å². The number of carbonyl (C=O) groups excluding carboxylic acids is 1. The highest BCUT2D eigenvalue weighted by atomic mass is 79.9. The van der Waals surface area contributed by atoms with Gasteiger partial charge in [0.25, 0.3) is 0 Å². The van der Waals surface area contributed by atoms with Crippen molar-refractivity contribution in [3.8, 4) is 0 Å². The number of piperazine rings is 1. The van der Waals surface area contributed by atoms with Gasteiger partial charge in [-0.15, -0.1) is 0 Å². The number of amides is 1. The van der Waals surface area contributed by atoms with Crippen molar-refractivity contribution in [3.63, 3.8) is 0 Å². The molecule has 8 heteroatoms. The fraction of sp³-hybridized carbons (Fsp3) is 0.500. The molecule has 2 aromatic heterocycles. The molecule has 0 atom stereocenters. The van der Waals surface area contributed by atoms with E-state index in [2.05, 4.69) is 35.8 Å². The first kappa shape index (κ1) is 16.9. The maximum atomic E-state index is 12.2. The molecule has 1 amide bonds. The summed E-state index contributed by atoms with van der Waals surface area (Å²) in [6.07, 6.45) is 2.98. The minimum Gasteiger partial charge on any atom is -0.444 e. The maximum absolute atomic E-state index is 12.2. The average molecular weight is 394 g/mol. The normalized spacial score (nSPS) is 15.7. The van der Waals surface area contributed by atoms with E-state index in [1.54, 1.807) is 11.1 Å². The number of nitrogens with zero attached hydrogens (tertiary/aromatic N) is 5. The van der Waals surface area contributed by atoms with Gasteiger partial charge in [0.05, 0.1) is 5.39 Å². The van der Waals surface area contributed by atoms with Gasteiger partial charge in [0.15, 0.2) is 5.65 Å². The zero-order valence-electron chi connectivity index (χ0n) is 14.0. The summed E-state index contributed by atoms with van der Waals surface area (Å²) in [7, 11) is 0. The van der Waals surface area contributed by atoms with Crippen molar-refractivity contribution in [2.45, 2.75) is 26.4 Å². The van der Waals surface area contributed by atoms with Crippen LogP contribution in [0.25, 0.3) is 11.0 Å². The Morgan fingerprint density at radius 1 is 1.17 bits per heavy atom. The summed E-state index contributed by atoms with van der Waals surface area (Å²) in [4.78, 5) is 29.0. The van der Waals surface area contributed by atoms with Gasteiger partial charge in [0, 0.05) is 36.8 Å². The van der Waals surface area contributed by atoms with Gasteiger partial charge in [-0.25, -0.2) is 19.7 Å². The Balaban J connectivity index is 1.73. The van der Waals surface area contributed by atoms with Gasteiger partial charge in [-0.2, -0.15) is 0 Å². The maximum Gasteiger partial charge on any atom is 0.410 e. The summed E-state index contributed by atoms with van der Waals surface area (Å²) in [5, 5.41) is 0.901. The van der Waals surface area contributed by atoms with E-state index in [4.69, 9.17) is 4.74 Å². The minimum absolute atomic E-state index is 0.265. The molecule has 0 aromatic carbocycles. The lowest BCUT2D eigenvalue weighted by Gasteiger charge is -2.36. The third kappa shape index (κ3) is 3.75. The van der Waals surface area contributed by atoms with Crippen LogP contribution < -0.4 is 4.90 Å². The van der Waals surface area contributed by atoms with Crippen molar-refractivity contribution >= 4 is 38.9 Å². The van der Waals surface area contributed by atoms with Crippen LogP contribution in [0.1, 0.15) is 20.8 Å². The number of hydrogen-bond donors (Lipinski definition) is 0. The highest BCUT2D eigenvalue weighted by Crippen LogP contribution is 2.25. The van der Waals surface area contributed by atoms with E-state index < -0.39 is 5.60 Å². The molecule has 0 radical (unpaired) electrons. The number of hydrogen-bond acceptors (Lipinski definition) is 6. The van der Waals surface area contributed by atoms with Gasteiger partial charge >= 0.3 is 6.09 Å². The topological polar surface area (TPSA) is 71.5 Å². The summed E-state index contributed by atoms with van der Waals surface area (Å²) in [5.74, 6) is 0.845. The molecule has 1 fully saturated rings. The molecule has 0 spiro atoms. The Morgan fingerprint density at radius 3 is 2.54 bits per heavy atom. The highest BCUT2D eigenvalue weighted by Gasteiger charge is 2.27. The molecule has 128 valence electrons. The molecule has 0 unspecified atom stereocenters. The molecule has 0 aliphatic carbocycles. The third-order valence-electron chi connectivity index (χ3n) is 3.67. The molecule has 2 aromatic rings. The van der Waals surface area contributed by atoms with Crippen LogP contribution in [0.5, 0.6) is 0 Å². The summed E-state index contributed by atoms with van der Waals surface area (Å²) in [6.45, 7) is 8.20. The fourth-order valence-electron chi connectivity index (χ4n) is 2.59. The second-order valence-corrected chi connectivity index (χ2v) is 7.59. The average Bonchev–Trinajstić information content (AvgIpc) is 2.53. The lowest BCUT2D eigenvalue weighted by Crippen LogP contribution is -2.50. The van der Waals surface area contributed by atoms with Gasteiger partial charge in [0.2, 0.25) is 0 Å². The van der Waals surface area contributed by atoms with Gasteiger partial charge < -0.3 is 14.5 Å². The van der Waals surface area contributed by atoms with Crippen LogP contribution >= 0.6 is 15.9 Å². The molecule has 0 N–H and O–H groups in total. The zero-order chi connectivity index (χ0) is 17.3. The van der Waals surface area contributed by atoms with E-state index in [0.29, 0.717) is 31.8 Å². The zero-order valence-corrected chi connectivity index (χ0v) is 15.6. The van der Waals surface area contributed by atoms with E-state index in [1.165, 1.54) is 6.33 Å². The molecule has 0 saturated carbocycles. The first-order valence-corrected chi connectivity index (χ1v) is 8.62. The number of aromatic nitrogens is 3. The van der Waals surface area contributed by atoms with Crippen LogP contribution in [0.2, 0.25) is 0 Å². The van der Waals surface area contributed by atoms with E-state index in [0.717, 1.165) is 15.7 Å². The van der Waals surface area contributed by atoms with Crippen molar-refractivity contribution in [2.24, 2.45) is 0 Å². The summed E-state index contributed by atoms with van der Waals surface area (Å²) >= 11 is 3.44. The number of ether oxygens (including phenoxy) is 1. The van der Waals surface area contributed by atoms with Crippen LogP contribution in [0.4, 0.5) is 10.6 Å². The Morgan fingerprint density at radius 2 is 1.88 bits per heavy atom. The molecule has 1 saturated heterocycles. The summed E-state index contributed by atoms with van der Waals surface area (Å²) in [6, 6.07) is 1.97. The van der Waals surface area contributed by atoms with E-state index in [1.807, 2.05) is 26.8 Å². The monoisotopic (exact) mass is 393 g/mol. The second-order valence-electron chi connectivity index (χ2n) is 6.68. The molecule has 24 heavy (non-hydrogen) atoms. The van der Waals surface area contributed by atoms with Gasteiger partial charge in [-0.1, -0.05) is 0 Å². The Kier molecular flexibility index (Phi) is 4.58. The number of rotatable bonds is 1. The number of pyridine rings is 1. The summed E-state index contributed by atoms with van der Waals surface area (Å²) < 4.78 is 6.32. The fourth-order valence-corrected chi connectivity index (χ4v) is 2.92. The van der Waals surface area contributed by atoms with Gasteiger partial charge in [0.1, 0.15) is 17.7 Å². The molecular formula is C16H20BrN5O2. The molecule has 1 aliphatic heterocycles. The van der Waals surface area contributed by atoms with Crippen molar-refractivity contribution in [1.29, 1.82) is 0 Å². The largest absolute Gasteiger partial charge is 0.444 e. The van der Waals surface area contributed by atoms with Crippen LogP contribution in [0.3, 0.4) is 0 Å². The van der Waals surface area contributed by atoms with E-state index >= 15 is 0 Å². The molecule has 7 nitrogen and oxygen atoms in total. The first-order chi connectivity index (χ1) is 11.3. The van der Waals surface area contributed by atoms with Crippen LogP contribution in [0, 0.1) is 0 Å². The summed E-state index contributed by atoms with van der Waals surface area (Å²) in [5.41, 5.74) is 0.187. The van der Waals surface area contributed by atoms with Crippen LogP contribution in [-0.4, -0.2) is 57.7 Å². The van der Waals surface area contributed by atoms with Gasteiger partial charge in [-0.05, 0) is 42.8 Å². The predicted molar refractivity (Wildman–Crippen MR) is 95.1 cm³/mol. The number of halogens is 1. The quantitative estimate of drug-likeness (QED) is 0.741. The van der Waals surface area contributed by atoms with Crippen LogP contribution in [-0.2, 0) is 4.74 Å². The molecule has 1 aliphatic rings. The standard InChI is InChI=1S/C16H20BrN5O2/c1-16(2,3)24-15(23)22-6-4-21(5-7-22)14-12-8-11(17)9-18-13(12)19-10-20-14/h8-10H,4-7H2,1-3H3. The first-order valence-electron chi connectivity index (χ1n) is 7.82. The Bertz CT molecular complexity index is 754. The molecular weight excluding hydrogens is 374 g/mol. The van der Waals surface area contributed by atoms with Crippen molar-refractivity contribution in [3.05, 3.63) is 23.1 Å². The highest BCUT2D eigenvalue weighted by molar-refractivity contribution is 9.10. The minimum atomic E-state index is -0.477. The number of fused-ring (bicyclic) bond motifs is 1. The second kappa shape index (κ2) is 6.51. The van der Waals surface area contributed by atoms with Gasteiger partial charge in [-0.3, -0.25) is 0 Å². The molecule has 3 rings (SSSR count). The predicted octanol–water partition coefficient (Wildman–Crippen LogP) is 2.84. The Hall–Kier alpha value is -1.96.